The van der Waals surface area contributed by atoms with Crippen LogP contribution in [0.2, 0.25) is 0 Å². The minimum Gasteiger partial charge on any atom is -0.481 e. The molecule has 3 nitrogen and oxygen atoms in total. The SMILES string of the molecule is CCCCCCCCCCCCCCCCC(CC)(CO)C(=O)O. The zero-order chi connectivity index (χ0) is 18.1. The fraction of sp³-hybridized carbons (Fsp3) is 0.952. The van der Waals surface area contributed by atoms with Gasteiger partial charge in [0, 0.05) is 0 Å². The Kier molecular flexibility index (Phi) is 15.6. The van der Waals surface area contributed by atoms with Gasteiger partial charge < -0.3 is 10.2 Å². The first-order valence-corrected chi connectivity index (χ1v) is 10.5. The maximum absolute atomic E-state index is 11.3. The van der Waals surface area contributed by atoms with Crippen LogP contribution in [0, 0.1) is 5.41 Å². The van der Waals surface area contributed by atoms with Gasteiger partial charge in [0.15, 0.2) is 0 Å². The van der Waals surface area contributed by atoms with Crippen molar-refractivity contribution in [2.75, 3.05) is 6.61 Å². The second-order valence-electron chi connectivity index (χ2n) is 7.44. The predicted molar refractivity (Wildman–Crippen MR) is 102 cm³/mol. The van der Waals surface area contributed by atoms with Crippen LogP contribution in [0.25, 0.3) is 0 Å². The van der Waals surface area contributed by atoms with Crippen LogP contribution in [0.15, 0.2) is 0 Å². The first-order chi connectivity index (χ1) is 11.6. The van der Waals surface area contributed by atoms with Crippen LogP contribution >= 0.6 is 0 Å². The quantitative estimate of drug-likeness (QED) is 0.286. The fourth-order valence-electron chi connectivity index (χ4n) is 3.35. The zero-order valence-electron chi connectivity index (χ0n) is 16.3. The average Bonchev–Trinajstić information content (AvgIpc) is 2.58. The molecule has 24 heavy (non-hydrogen) atoms. The summed E-state index contributed by atoms with van der Waals surface area (Å²) >= 11 is 0. The predicted octanol–water partition coefficient (Wildman–Crippen LogP) is 6.33. The molecule has 144 valence electrons. The third kappa shape index (κ3) is 11.1. The standard InChI is InChI=1S/C21H42O3/c1-3-5-6-7-8-9-10-11-12-13-14-15-16-17-18-21(4-2,19-22)20(23)24/h22H,3-19H2,1-2H3,(H,23,24). The molecule has 0 aliphatic carbocycles. The summed E-state index contributed by atoms with van der Waals surface area (Å²) in [5, 5.41) is 18.6. The minimum absolute atomic E-state index is 0.239. The van der Waals surface area contributed by atoms with Crippen LogP contribution in [0.4, 0.5) is 0 Å². The Morgan fingerprint density at radius 3 is 1.38 bits per heavy atom. The molecule has 1 unspecified atom stereocenters. The van der Waals surface area contributed by atoms with Gasteiger partial charge in [-0.25, -0.2) is 0 Å². The highest BCUT2D eigenvalue weighted by atomic mass is 16.4. The molecule has 0 aliphatic rings. The summed E-state index contributed by atoms with van der Waals surface area (Å²) in [5.74, 6) is -0.845. The van der Waals surface area contributed by atoms with Crippen molar-refractivity contribution < 1.29 is 15.0 Å². The van der Waals surface area contributed by atoms with E-state index >= 15 is 0 Å². The first-order valence-electron chi connectivity index (χ1n) is 10.5. The van der Waals surface area contributed by atoms with E-state index in [-0.39, 0.29) is 6.61 Å². The molecular weight excluding hydrogens is 300 g/mol. The Hall–Kier alpha value is -0.570. The maximum atomic E-state index is 11.3. The van der Waals surface area contributed by atoms with Gasteiger partial charge in [-0.05, 0) is 12.8 Å². The fourth-order valence-corrected chi connectivity index (χ4v) is 3.35. The molecule has 3 heteroatoms. The molecule has 0 rings (SSSR count). The lowest BCUT2D eigenvalue weighted by Gasteiger charge is -2.25. The third-order valence-corrected chi connectivity index (χ3v) is 5.44. The van der Waals surface area contributed by atoms with E-state index in [9.17, 15) is 15.0 Å². The van der Waals surface area contributed by atoms with Crippen LogP contribution < -0.4 is 0 Å². The number of carbonyl (C=O) groups is 1. The van der Waals surface area contributed by atoms with E-state index in [0.29, 0.717) is 12.8 Å². The Balaban J connectivity index is 3.38. The lowest BCUT2D eigenvalue weighted by molar-refractivity contribution is -0.152. The molecule has 0 radical (unpaired) electrons. The molecule has 0 amide bonds. The van der Waals surface area contributed by atoms with E-state index in [2.05, 4.69) is 6.92 Å². The molecule has 0 saturated carbocycles. The highest BCUT2D eigenvalue weighted by molar-refractivity contribution is 5.74. The molecule has 0 fully saturated rings. The average molecular weight is 343 g/mol. The molecule has 0 bridgehead atoms. The van der Waals surface area contributed by atoms with Crippen molar-refractivity contribution in [3.63, 3.8) is 0 Å². The monoisotopic (exact) mass is 342 g/mol. The maximum Gasteiger partial charge on any atom is 0.311 e. The number of carboxylic acids is 1. The molecule has 0 saturated heterocycles. The molecule has 0 spiro atoms. The van der Waals surface area contributed by atoms with Gasteiger partial charge >= 0.3 is 5.97 Å². The number of hydrogen-bond acceptors (Lipinski definition) is 2. The zero-order valence-corrected chi connectivity index (χ0v) is 16.3. The van der Waals surface area contributed by atoms with Crippen molar-refractivity contribution in [3.8, 4) is 0 Å². The van der Waals surface area contributed by atoms with Gasteiger partial charge in [0.05, 0.1) is 12.0 Å². The summed E-state index contributed by atoms with van der Waals surface area (Å²) in [6, 6.07) is 0. The van der Waals surface area contributed by atoms with Crippen molar-refractivity contribution >= 4 is 5.97 Å². The lowest BCUT2D eigenvalue weighted by atomic mass is 9.81. The summed E-state index contributed by atoms with van der Waals surface area (Å²) in [7, 11) is 0. The van der Waals surface area contributed by atoms with Crippen LogP contribution in [-0.4, -0.2) is 22.8 Å². The lowest BCUT2D eigenvalue weighted by Crippen LogP contribution is -2.34. The topological polar surface area (TPSA) is 57.5 Å². The van der Waals surface area contributed by atoms with E-state index < -0.39 is 11.4 Å². The van der Waals surface area contributed by atoms with Gasteiger partial charge in [0.2, 0.25) is 0 Å². The molecule has 0 aromatic carbocycles. The van der Waals surface area contributed by atoms with Crippen LogP contribution in [0.5, 0.6) is 0 Å². The van der Waals surface area contributed by atoms with Gasteiger partial charge in [-0.1, -0.05) is 104 Å². The van der Waals surface area contributed by atoms with Gasteiger partial charge in [-0.3, -0.25) is 4.79 Å². The van der Waals surface area contributed by atoms with Crippen molar-refractivity contribution in [1.29, 1.82) is 0 Å². The molecule has 0 aromatic rings. The Morgan fingerprint density at radius 1 is 0.708 bits per heavy atom. The molecule has 2 N–H and O–H groups in total. The summed E-state index contributed by atoms with van der Waals surface area (Å²) in [4.78, 5) is 11.3. The van der Waals surface area contributed by atoms with Crippen LogP contribution in [0.3, 0.4) is 0 Å². The number of unbranched alkanes of at least 4 members (excludes halogenated alkanes) is 13. The van der Waals surface area contributed by atoms with E-state index in [4.69, 9.17) is 0 Å². The molecule has 0 heterocycles. The Labute approximate surface area is 150 Å². The second-order valence-corrected chi connectivity index (χ2v) is 7.44. The summed E-state index contributed by atoms with van der Waals surface area (Å²) in [5.41, 5.74) is -0.906. The number of aliphatic carboxylic acids is 1. The van der Waals surface area contributed by atoms with Crippen LogP contribution in [-0.2, 0) is 4.79 Å². The summed E-state index contributed by atoms with van der Waals surface area (Å²) < 4.78 is 0. The Bertz CT molecular complexity index is 285. The highest BCUT2D eigenvalue weighted by Gasteiger charge is 2.35. The molecule has 0 aromatic heterocycles. The van der Waals surface area contributed by atoms with Gasteiger partial charge in [0.1, 0.15) is 0 Å². The van der Waals surface area contributed by atoms with Crippen molar-refractivity contribution in [2.24, 2.45) is 5.41 Å². The van der Waals surface area contributed by atoms with E-state index in [0.717, 1.165) is 12.8 Å². The van der Waals surface area contributed by atoms with Crippen molar-refractivity contribution in [3.05, 3.63) is 0 Å². The largest absolute Gasteiger partial charge is 0.481 e. The smallest absolute Gasteiger partial charge is 0.311 e. The first kappa shape index (κ1) is 23.4. The van der Waals surface area contributed by atoms with Gasteiger partial charge in [-0.2, -0.15) is 0 Å². The van der Waals surface area contributed by atoms with E-state index in [1.165, 1.54) is 77.0 Å². The normalized spacial score (nSPS) is 13.8. The van der Waals surface area contributed by atoms with Crippen molar-refractivity contribution in [1.82, 2.24) is 0 Å². The van der Waals surface area contributed by atoms with E-state index in [1.807, 2.05) is 6.92 Å². The number of aliphatic hydroxyl groups is 1. The number of rotatable bonds is 18. The number of carboxylic acid groups (broad SMARTS) is 1. The highest BCUT2D eigenvalue weighted by Crippen LogP contribution is 2.29. The summed E-state index contributed by atoms with van der Waals surface area (Å²) in [6.07, 6.45) is 19.4. The van der Waals surface area contributed by atoms with Crippen LogP contribution in [0.1, 0.15) is 117 Å². The minimum atomic E-state index is -0.906. The Morgan fingerprint density at radius 2 is 1.08 bits per heavy atom. The molecular formula is C21H42O3. The summed E-state index contributed by atoms with van der Waals surface area (Å²) in [6.45, 7) is 3.88. The third-order valence-electron chi connectivity index (χ3n) is 5.44. The molecule has 0 aliphatic heterocycles. The molecule has 1 atom stereocenters. The van der Waals surface area contributed by atoms with Crippen molar-refractivity contribution in [2.45, 2.75) is 117 Å². The second kappa shape index (κ2) is 15.9. The van der Waals surface area contributed by atoms with E-state index in [1.54, 1.807) is 0 Å². The van der Waals surface area contributed by atoms with Gasteiger partial charge in [-0.15, -0.1) is 0 Å². The number of hydrogen-bond donors (Lipinski definition) is 2. The number of aliphatic hydroxyl groups excluding tert-OH is 1. The van der Waals surface area contributed by atoms with Gasteiger partial charge in [0.25, 0.3) is 0 Å².